The Labute approximate surface area is 163 Å². The highest BCUT2D eigenvalue weighted by molar-refractivity contribution is 7.17. The molecule has 0 spiro atoms. The summed E-state index contributed by atoms with van der Waals surface area (Å²) in [5, 5.41) is 14.5. The van der Waals surface area contributed by atoms with Gasteiger partial charge in [-0.3, -0.25) is 20.2 Å². The second-order valence-electron chi connectivity index (χ2n) is 5.19. The zero-order valence-corrected chi connectivity index (χ0v) is 15.3. The number of hydrogen-bond donors (Lipinski definition) is 1. The Morgan fingerprint density at radius 1 is 1.21 bits per heavy atom. The third-order valence-electron chi connectivity index (χ3n) is 3.27. The molecular weight excluding hydrogens is 416 g/mol. The first-order chi connectivity index (χ1) is 13.3. The number of ether oxygens (including phenoxy) is 1. The van der Waals surface area contributed by atoms with Crippen LogP contribution in [0.1, 0.15) is 9.67 Å². The molecule has 3 aromatic rings. The molecular formula is C16H9F2N3O5S2. The fourth-order valence-electron chi connectivity index (χ4n) is 2.01. The molecule has 0 bridgehead atoms. The van der Waals surface area contributed by atoms with E-state index in [0.717, 1.165) is 29.5 Å². The molecule has 0 atom stereocenters. The van der Waals surface area contributed by atoms with E-state index in [1.807, 2.05) is 0 Å². The van der Waals surface area contributed by atoms with Crippen molar-refractivity contribution < 1.29 is 28.0 Å². The van der Waals surface area contributed by atoms with Crippen molar-refractivity contribution in [3.05, 3.63) is 62.3 Å². The largest absolute Gasteiger partial charge is 0.451 e. The number of nitrogens with zero attached hydrogens (tertiary/aromatic N) is 2. The van der Waals surface area contributed by atoms with Crippen LogP contribution in [0.3, 0.4) is 0 Å². The minimum atomic E-state index is -1.02. The van der Waals surface area contributed by atoms with Gasteiger partial charge in [0.2, 0.25) is 0 Å². The van der Waals surface area contributed by atoms with Crippen LogP contribution in [0.15, 0.2) is 35.7 Å². The Morgan fingerprint density at radius 3 is 2.68 bits per heavy atom. The number of nitro groups is 1. The van der Waals surface area contributed by atoms with Crippen molar-refractivity contribution in [3.63, 3.8) is 0 Å². The van der Waals surface area contributed by atoms with E-state index in [0.29, 0.717) is 22.6 Å². The highest BCUT2D eigenvalue weighted by atomic mass is 32.1. The molecule has 0 unspecified atom stereocenters. The molecule has 0 aliphatic carbocycles. The van der Waals surface area contributed by atoms with Gasteiger partial charge in [0, 0.05) is 17.0 Å². The summed E-state index contributed by atoms with van der Waals surface area (Å²) < 4.78 is 31.1. The van der Waals surface area contributed by atoms with Crippen LogP contribution < -0.4 is 5.32 Å². The first-order valence-corrected chi connectivity index (χ1v) is 9.15. The first kappa shape index (κ1) is 19.5. The Hall–Kier alpha value is -3.25. The van der Waals surface area contributed by atoms with Crippen molar-refractivity contribution in [1.82, 2.24) is 4.98 Å². The Balaban J connectivity index is 1.56. The monoisotopic (exact) mass is 425 g/mol. The molecule has 1 N–H and O–H groups in total. The highest BCUT2D eigenvalue weighted by Gasteiger charge is 2.18. The maximum atomic E-state index is 13.3. The summed E-state index contributed by atoms with van der Waals surface area (Å²) >= 11 is 1.68. The van der Waals surface area contributed by atoms with Gasteiger partial charge >= 0.3 is 11.0 Å². The first-order valence-electron chi connectivity index (χ1n) is 7.45. The van der Waals surface area contributed by atoms with Crippen LogP contribution in [-0.4, -0.2) is 28.4 Å². The fourth-order valence-corrected chi connectivity index (χ4v) is 3.46. The van der Waals surface area contributed by atoms with Gasteiger partial charge in [-0.15, -0.1) is 11.3 Å². The molecule has 0 fully saturated rings. The predicted octanol–water partition coefficient (Wildman–Crippen LogP) is 3.85. The average molecular weight is 425 g/mol. The second kappa shape index (κ2) is 8.19. The van der Waals surface area contributed by atoms with E-state index in [1.165, 1.54) is 12.1 Å². The van der Waals surface area contributed by atoms with Crippen molar-refractivity contribution in [2.75, 3.05) is 11.9 Å². The van der Waals surface area contributed by atoms with Gasteiger partial charge in [-0.25, -0.2) is 18.6 Å². The molecule has 8 nitrogen and oxygen atoms in total. The molecule has 0 aliphatic heterocycles. The summed E-state index contributed by atoms with van der Waals surface area (Å²) in [6.45, 7) is -0.620. The minimum Gasteiger partial charge on any atom is -0.451 e. The van der Waals surface area contributed by atoms with Crippen molar-refractivity contribution in [2.24, 2.45) is 0 Å². The van der Waals surface area contributed by atoms with E-state index < -0.39 is 35.0 Å². The fraction of sp³-hybridized carbons (Fsp3) is 0.0625. The Morgan fingerprint density at radius 2 is 2.00 bits per heavy atom. The number of hydrogen-bond acceptors (Lipinski definition) is 8. The van der Waals surface area contributed by atoms with Gasteiger partial charge in [-0.05, 0) is 24.3 Å². The summed E-state index contributed by atoms with van der Waals surface area (Å²) in [5.74, 6) is -3.54. The van der Waals surface area contributed by atoms with Gasteiger partial charge in [0.25, 0.3) is 5.91 Å². The van der Waals surface area contributed by atoms with Crippen LogP contribution >= 0.6 is 22.7 Å². The van der Waals surface area contributed by atoms with Gasteiger partial charge in [0.15, 0.2) is 23.4 Å². The lowest BCUT2D eigenvalue weighted by atomic mass is 10.2. The van der Waals surface area contributed by atoms with Crippen LogP contribution in [0.4, 0.5) is 18.9 Å². The van der Waals surface area contributed by atoms with E-state index in [-0.39, 0.29) is 15.0 Å². The van der Waals surface area contributed by atoms with Crippen LogP contribution in [0.5, 0.6) is 0 Å². The number of benzene rings is 1. The third-order valence-corrected chi connectivity index (χ3v) is 5.05. The zero-order chi connectivity index (χ0) is 20.3. The van der Waals surface area contributed by atoms with Crippen molar-refractivity contribution in [3.8, 4) is 11.3 Å². The van der Waals surface area contributed by atoms with Gasteiger partial charge in [-0.1, -0.05) is 11.3 Å². The molecule has 0 saturated heterocycles. The standard InChI is InChI=1S/C16H9F2N3O5S2/c17-9-2-1-8(5-10(9)18)11-7-27-16(19-11)20-13(22)6-26-15(23)12-3-4-14(28-12)21(24)25/h1-5,7H,6H2,(H,19,20,22). The maximum Gasteiger partial charge on any atom is 0.349 e. The molecule has 2 aromatic heterocycles. The summed E-state index contributed by atoms with van der Waals surface area (Å²) in [6, 6.07) is 5.70. The highest BCUT2D eigenvalue weighted by Crippen LogP contribution is 2.26. The molecule has 28 heavy (non-hydrogen) atoms. The molecule has 1 aromatic carbocycles. The van der Waals surface area contributed by atoms with Crippen molar-refractivity contribution in [2.45, 2.75) is 0 Å². The second-order valence-corrected chi connectivity index (χ2v) is 7.11. The summed E-state index contributed by atoms with van der Waals surface area (Å²) in [4.78, 5) is 37.7. The van der Waals surface area contributed by atoms with Crippen LogP contribution in [-0.2, 0) is 9.53 Å². The number of carbonyl (C=O) groups is 2. The third kappa shape index (κ3) is 4.53. The van der Waals surface area contributed by atoms with Crippen molar-refractivity contribution in [1.29, 1.82) is 0 Å². The van der Waals surface area contributed by atoms with Gasteiger partial charge < -0.3 is 4.74 Å². The number of amides is 1. The minimum absolute atomic E-state index is 0.00521. The smallest absolute Gasteiger partial charge is 0.349 e. The maximum absolute atomic E-state index is 13.3. The molecule has 0 radical (unpaired) electrons. The quantitative estimate of drug-likeness (QED) is 0.365. The van der Waals surface area contributed by atoms with Gasteiger partial charge in [-0.2, -0.15) is 0 Å². The molecule has 1 amide bonds. The molecule has 2 heterocycles. The normalized spacial score (nSPS) is 10.5. The molecule has 0 saturated carbocycles. The lowest BCUT2D eigenvalue weighted by Gasteiger charge is -2.03. The van der Waals surface area contributed by atoms with Crippen molar-refractivity contribution >= 4 is 44.7 Å². The van der Waals surface area contributed by atoms with E-state index in [1.54, 1.807) is 5.38 Å². The van der Waals surface area contributed by atoms with Gasteiger partial charge in [0.05, 0.1) is 10.6 Å². The number of aromatic nitrogens is 1. The molecule has 0 aliphatic rings. The molecule has 144 valence electrons. The number of carbonyl (C=O) groups excluding carboxylic acids is 2. The topological polar surface area (TPSA) is 111 Å². The number of esters is 1. The summed E-state index contributed by atoms with van der Waals surface area (Å²) in [5.41, 5.74) is 0.670. The number of halogens is 2. The molecule has 3 rings (SSSR count). The van der Waals surface area contributed by atoms with E-state index in [4.69, 9.17) is 4.74 Å². The Kier molecular flexibility index (Phi) is 5.70. The number of thiophene rings is 1. The lowest BCUT2D eigenvalue weighted by Crippen LogP contribution is -2.20. The lowest BCUT2D eigenvalue weighted by molar-refractivity contribution is -0.380. The van der Waals surface area contributed by atoms with Gasteiger partial charge in [0.1, 0.15) is 4.88 Å². The van der Waals surface area contributed by atoms with E-state index >= 15 is 0 Å². The SMILES string of the molecule is O=C(COC(=O)c1ccc([N+](=O)[O-])s1)Nc1nc(-c2ccc(F)c(F)c2)cs1. The predicted molar refractivity (Wildman–Crippen MR) is 97.4 cm³/mol. The Bertz CT molecular complexity index is 1070. The number of thiazole rings is 1. The van der Waals surface area contributed by atoms with Crippen LogP contribution in [0, 0.1) is 21.7 Å². The number of anilines is 1. The van der Waals surface area contributed by atoms with Crippen LogP contribution in [0.25, 0.3) is 11.3 Å². The zero-order valence-electron chi connectivity index (χ0n) is 13.7. The van der Waals surface area contributed by atoms with Crippen LogP contribution in [0.2, 0.25) is 0 Å². The summed E-state index contributed by atoms with van der Waals surface area (Å²) in [7, 11) is 0. The molecule has 12 heteroatoms. The van der Waals surface area contributed by atoms with E-state index in [2.05, 4.69) is 10.3 Å². The number of rotatable bonds is 6. The number of nitrogens with one attached hydrogen (secondary N) is 1. The summed E-state index contributed by atoms with van der Waals surface area (Å²) in [6.07, 6.45) is 0. The average Bonchev–Trinajstić information content (AvgIpc) is 3.32. The van der Waals surface area contributed by atoms with E-state index in [9.17, 15) is 28.5 Å².